The zero-order chi connectivity index (χ0) is 26.9. The van der Waals surface area contributed by atoms with Gasteiger partial charge in [-0.25, -0.2) is 13.7 Å². The van der Waals surface area contributed by atoms with Crippen molar-refractivity contribution in [2.24, 2.45) is 14.1 Å². The highest BCUT2D eigenvalue weighted by Crippen LogP contribution is 2.47. The molecule has 0 bridgehead atoms. The van der Waals surface area contributed by atoms with Crippen LogP contribution in [0.5, 0.6) is 0 Å². The van der Waals surface area contributed by atoms with Crippen molar-refractivity contribution in [1.82, 2.24) is 4.57 Å². The second-order valence-electron chi connectivity index (χ2n) is 10.5. The molecule has 194 valence electrons. The molecule has 0 saturated heterocycles. The minimum atomic E-state index is 0.357. The monoisotopic (exact) mass is 530 g/mol. The summed E-state index contributed by atoms with van der Waals surface area (Å²) in [6.45, 7) is 5.38. The second kappa shape index (κ2) is 10.6. The van der Waals surface area contributed by atoms with Crippen LogP contribution in [0.25, 0.3) is 22.6 Å². The van der Waals surface area contributed by atoms with E-state index in [0.29, 0.717) is 6.04 Å². The molecule has 3 heterocycles. The molecule has 0 unspecified atom stereocenters. The Kier molecular flexibility index (Phi) is 6.84. The first kappa shape index (κ1) is 25.2. The molecule has 6 rings (SSSR count). The molecule has 0 spiro atoms. The molecular weight excluding hydrogens is 496 g/mol. The van der Waals surface area contributed by atoms with Crippen LogP contribution >= 0.6 is 11.8 Å². The second-order valence-corrected chi connectivity index (χ2v) is 11.5. The Bertz CT molecular complexity index is 1710. The fourth-order valence-corrected chi connectivity index (χ4v) is 6.52. The quantitative estimate of drug-likeness (QED) is 0.226. The van der Waals surface area contributed by atoms with Crippen molar-refractivity contribution in [3.05, 3.63) is 132 Å². The number of imidazole rings is 1. The number of pyridine rings is 1. The van der Waals surface area contributed by atoms with Gasteiger partial charge in [0.15, 0.2) is 6.20 Å². The van der Waals surface area contributed by atoms with Crippen LogP contribution < -0.4 is 14.0 Å². The van der Waals surface area contributed by atoms with Crippen LogP contribution in [-0.4, -0.2) is 10.6 Å². The van der Waals surface area contributed by atoms with E-state index in [0.717, 1.165) is 6.54 Å². The maximum atomic E-state index is 2.46. The van der Waals surface area contributed by atoms with Gasteiger partial charge >= 0.3 is 0 Å². The number of thioether (sulfide) groups is 1. The maximum absolute atomic E-state index is 2.46. The lowest BCUT2D eigenvalue weighted by Crippen LogP contribution is -2.28. The summed E-state index contributed by atoms with van der Waals surface area (Å²) in [5, 5.41) is 2.51. The number of benzene rings is 3. The Balaban J connectivity index is 1.45. The number of rotatable bonds is 6. The molecule has 5 aromatic rings. The molecule has 5 heteroatoms. The normalized spacial score (nSPS) is 14.5. The predicted molar refractivity (Wildman–Crippen MR) is 162 cm³/mol. The van der Waals surface area contributed by atoms with E-state index in [1.54, 1.807) is 0 Å². The van der Waals surface area contributed by atoms with Crippen molar-refractivity contribution >= 4 is 40.0 Å². The molecule has 0 radical (unpaired) electrons. The maximum Gasteiger partial charge on any atom is 0.243 e. The van der Waals surface area contributed by atoms with Crippen LogP contribution in [0.1, 0.15) is 30.5 Å². The zero-order valence-electron chi connectivity index (χ0n) is 23.0. The van der Waals surface area contributed by atoms with Gasteiger partial charge in [-0.05, 0) is 66.5 Å². The van der Waals surface area contributed by atoms with Crippen LogP contribution in [0.15, 0.2) is 120 Å². The summed E-state index contributed by atoms with van der Waals surface area (Å²) in [4.78, 5) is 3.77. The number of aryl methyl sites for hydroxylation is 2. The largest absolute Gasteiger partial charge is 0.332 e. The van der Waals surface area contributed by atoms with Gasteiger partial charge in [0.1, 0.15) is 26.0 Å². The summed E-state index contributed by atoms with van der Waals surface area (Å²) >= 11 is 1.86. The minimum Gasteiger partial charge on any atom is -0.332 e. The first-order chi connectivity index (χ1) is 19.0. The molecule has 1 aliphatic heterocycles. The van der Waals surface area contributed by atoms with Crippen LogP contribution in [0.3, 0.4) is 0 Å². The van der Waals surface area contributed by atoms with Gasteiger partial charge in [-0.3, -0.25) is 0 Å². The van der Waals surface area contributed by atoms with Gasteiger partial charge in [-0.15, -0.1) is 0 Å². The number of aromatic nitrogens is 3. The third kappa shape index (κ3) is 5.15. The van der Waals surface area contributed by atoms with E-state index in [-0.39, 0.29) is 0 Å². The first-order valence-corrected chi connectivity index (χ1v) is 14.2. The highest BCUT2D eigenvalue weighted by atomic mass is 32.2. The molecule has 0 fully saturated rings. The summed E-state index contributed by atoms with van der Waals surface area (Å²) in [5.41, 5.74) is 7.42. The van der Waals surface area contributed by atoms with Crippen molar-refractivity contribution in [3.63, 3.8) is 0 Å². The molecule has 1 aliphatic rings. The van der Waals surface area contributed by atoms with Gasteiger partial charge in [0.25, 0.3) is 0 Å². The Morgan fingerprint density at radius 3 is 2.44 bits per heavy atom. The average Bonchev–Trinajstić information content (AvgIpc) is 3.52. The van der Waals surface area contributed by atoms with Crippen LogP contribution in [-0.2, 0) is 20.6 Å². The van der Waals surface area contributed by atoms with E-state index in [4.69, 9.17) is 0 Å². The Morgan fingerprint density at radius 1 is 0.897 bits per heavy atom. The number of nitrogens with zero attached hydrogens (tertiary/aromatic N) is 4. The summed E-state index contributed by atoms with van der Waals surface area (Å²) in [5.74, 6) is 0. The zero-order valence-corrected chi connectivity index (χ0v) is 23.8. The lowest BCUT2D eigenvalue weighted by atomic mass is 9.99. The number of hydrogen-bond donors (Lipinski definition) is 0. The minimum absolute atomic E-state index is 0.357. The number of allylic oxidation sites excluding steroid dienone is 2. The standard InChI is InChI=1S/C34H34N4S/c1-25(2)38-32-11-7-8-12-33(32)39-34(38)22-29(21-28-17-18-36(4)31-10-6-5-9-30(28)31)27-15-13-26(14-16-27)23-37-20-19-35(3)24-37/h5-22,24-25H,23H2,1-4H3/q+2. The Hall–Kier alpha value is -4.09. The van der Waals surface area contributed by atoms with E-state index in [2.05, 4.69) is 162 Å². The highest BCUT2D eigenvalue weighted by Gasteiger charge is 2.27. The van der Waals surface area contributed by atoms with Crippen molar-refractivity contribution in [2.75, 3.05) is 4.90 Å². The van der Waals surface area contributed by atoms with E-state index in [1.807, 2.05) is 11.8 Å². The SMILES string of the molecule is CC(C)N1/C(=C/C(=C/c2cc[n+](C)c3ccccc23)c2ccc(Cn3cc[n+](C)c3)cc2)Sc2ccccc21. The fraction of sp³-hybridized carbons (Fsp3) is 0.176. The molecule has 39 heavy (non-hydrogen) atoms. The smallest absolute Gasteiger partial charge is 0.243 e. The summed E-state index contributed by atoms with van der Waals surface area (Å²) in [7, 11) is 4.16. The lowest BCUT2D eigenvalue weighted by molar-refractivity contribution is -0.671. The van der Waals surface area contributed by atoms with Gasteiger partial charge < -0.3 is 4.90 Å². The van der Waals surface area contributed by atoms with Crippen LogP contribution in [0, 0.1) is 0 Å². The molecular formula is C34H34N4S+2. The average molecular weight is 531 g/mol. The molecule has 0 amide bonds. The molecule has 0 atom stereocenters. The molecule has 4 nitrogen and oxygen atoms in total. The van der Waals surface area contributed by atoms with Gasteiger partial charge in [0.05, 0.1) is 23.2 Å². The number of hydrogen-bond acceptors (Lipinski definition) is 2. The van der Waals surface area contributed by atoms with Crippen molar-refractivity contribution in [1.29, 1.82) is 0 Å². The van der Waals surface area contributed by atoms with E-state index >= 15 is 0 Å². The molecule has 3 aromatic carbocycles. The van der Waals surface area contributed by atoms with Crippen LogP contribution in [0.2, 0.25) is 0 Å². The summed E-state index contributed by atoms with van der Waals surface area (Å²) in [6, 6.07) is 28.9. The van der Waals surface area contributed by atoms with Gasteiger partial charge in [-0.1, -0.05) is 60.3 Å². The van der Waals surface area contributed by atoms with Crippen molar-refractivity contribution in [2.45, 2.75) is 31.3 Å². The molecule has 0 saturated carbocycles. The third-order valence-electron chi connectivity index (χ3n) is 7.23. The van der Waals surface area contributed by atoms with E-state index < -0.39 is 0 Å². The number of para-hydroxylation sites is 2. The molecule has 0 N–H and O–H groups in total. The number of fused-ring (bicyclic) bond motifs is 2. The van der Waals surface area contributed by atoms with Gasteiger partial charge in [-0.2, -0.15) is 0 Å². The Morgan fingerprint density at radius 2 is 1.67 bits per heavy atom. The summed E-state index contributed by atoms with van der Waals surface area (Å²) in [6.07, 6.45) is 13.2. The van der Waals surface area contributed by atoms with Crippen LogP contribution in [0.4, 0.5) is 5.69 Å². The Labute approximate surface area is 235 Å². The van der Waals surface area contributed by atoms with Crippen molar-refractivity contribution < 1.29 is 9.13 Å². The topological polar surface area (TPSA) is 15.9 Å². The first-order valence-electron chi connectivity index (χ1n) is 13.4. The van der Waals surface area contributed by atoms with Gasteiger partial charge in [0, 0.05) is 23.1 Å². The van der Waals surface area contributed by atoms with E-state index in [1.165, 1.54) is 48.8 Å². The number of anilines is 1. The highest BCUT2D eigenvalue weighted by molar-refractivity contribution is 8.03. The predicted octanol–water partition coefficient (Wildman–Crippen LogP) is 6.74. The third-order valence-corrected chi connectivity index (χ3v) is 8.32. The lowest BCUT2D eigenvalue weighted by Gasteiger charge is -2.25. The van der Waals surface area contributed by atoms with E-state index in [9.17, 15) is 0 Å². The molecule has 0 aliphatic carbocycles. The fourth-order valence-electron chi connectivity index (χ4n) is 5.29. The summed E-state index contributed by atoms with van der Waals surface area (Å²) < 4.78 is 6.46. The van der Waals surface area contributed by atoms with Crippen molar-refractivity contribution in [3.8, 4) is 0 Å². The molecule has 2 aromatic heterocycles. The van der Waals surface area contributed by atoms with Gasteiger partial charge in [0.2, 0.25) is 11.8 Å².